The summed E-state index contributed by atoms with van der Waals surface area (Å²) >= 11 is 0. The second-order valence-corrected chi connectivity index (χ2v) is 4.33. The molecule has 2 rings (SSSR count). The lowest BCUT2D eigenvalue weighted by atomic mass is 9.91. The van der Waals surface area contributed by atoms with Crippen molar-refractivity contribution in [1.29, 1.82) is 0 Å². The summed E-state index contributed by atoms with van der Waals surface area (Å²) in [4.78, 5) is 0. The summed E-state index contributed by atoms with van der Waals surface area (Å²) in [5.74, 6) is 8.84. The van der Waals surface area contributed by atoms with Gasteiger partial charge in [0, 0.05) is 6.42 Å². The molecule has 1 fully saturated rings. The lowest BCUT2D eigenvalue weighted by molar-refractivity contribution is 0.460. The molecule has 0 aromatic heterocycles. The monoisotopic (exact) mass is 172 g/mol. The van der Waals surface area contributed by atoms with Crippen molar-refractivity contribution in [3.8, 4) is 11.8 Å². The molecule has 0 unspecified atom stereocenters. The molecule has 0 N–H and O–H groups in total. The van der Waals surface area contributed by atoms with Gasteiger partial charge in [-0.2, -0.15) is 0 Å². The lowest BCUT2D eigenvalue weighted by Gasteiger charge is -2.14. The Bertz CT molecular complexity index is 298. The SMILES string of the molecule is C=C(C)C#CC[C@@H]1C[C@@H]2C=C[C@H]1C2. The van der Waals surface area contributed by atoms with Crippen molar-refractivity contribution < 1.29 is 0 Å². The summed E-state index contributed by atoms with van der Waals surface area (Å²) in [7, 11) is 0. The molecule has 3 atom stereocenters. The minimum absolute atomic E-state index is 0.835. The zero-order chi connectivity index (χ0) is 9.26. The molecule has 68 valence electrons. The zero-order valence-corrected chi connectivity index (χ0v) is 8.22. The van der Waals surface area contributed by atoms with E-state index >= 15 is 0 Å². The smallest absolute Gasteiger partial charge is 0.0126 e. The average molecular weight is 172 g/mol. The summed E-state index contributed by atoms with van der Waals surface area (Å²) in [6, 6.07) is 0. The van der Waals surface area contributed by atoms with Crippen LogP contribution in [0.4, 0.5) is 0 Å². The van der Waals surface area contributed by atoms with E-state index in [1.165, 1.54) is 12.8 Å². The van der Waals surface area contributed by atoms with Crippen LogP contribution in [0.1, 0.15) is 26.2 Å². The highest BCUT2D eigenvalue weighted by Gasteiger charge is 2.34. The first-order valence-electron chi connectivity index (χ1n) is 5.08. The van der Waals surface area contributed by atoms with Gasteiger partial charge in [0.1, 0.15) is 0 Å². The zero-order valence-electron chi connectivity index (χ0n) is 8.22. The summed E-state index contributed by atoms with van der Waals surface area (Å²) < 4.78 is 0. The molecule has 2 bridgehead atoms. The van der Waals surface area contributed by atoms with Crippen LogP contribution < -0.4 is 0 Å². The van der Waals surface area contributed by atoms with Crippen molar-refractivity contribution in [2.75, 3.05) is 0 Å². The standard InChI is InChI=1S/C13H16/c1-10(2)4-3-5-12-8-11-6-7-13(12)9-11/h6-7,11-13H,1,5,8-9H2,2H3/t11-,12+,13-/m0/s1. The molecule has 13 heavy (non-hydrogen) atoms. The predicted molar refractivity (Wildman–Crippen MR) is 56.1 cm³/mol. The van der Waals surface area contributed by atoms with E-state index in [2.05, 4.69) is 30.6 Å². The van der Waals surface area contributed by atoms with Crippen LogP contribution in [0.15, 0.2) is 24.3 Å². The number of rotatable bonds is 1. The van der Waals surface area contributed by atoms with E-state index in [-0.39, 0.29) is 0 Å². The van der Waals surface area contributed by atoms with Crippen LogP contribution in [-0.2, 0) is 0 Å². The van der Waals surface area contributed by atoms with Gasteiger partial charge in [0.05, 0.1) is 0 Å². The normalized spacial score (nSPS) is 34.4. The van der Waals surface area contributed by atoms with Gasteiger partial charge in [-0.15, -0.1) is 0 Å². The van der Waals surface area contributed by atoms with Crippen LogP contribution in [0.5, 0.6) is 0 Å². The van der Waals surface area contributed by atoms with Gasteiger partial charge in [-0.05, 0) is 43.1 Å². The molecule has 0 heteroatoms. The summed E-state index contributed by atoms with van der Waals surface area (Å²) in [6.07, 6.45) is 8.60. The maximum atomic E-state index is 3.78. The van der Waals surface area contributed by atoms with E-state index in [1.54, 1.807) is 0 Å². The van der Waals surface area contributed by atoms with Gasteiger partial charge in [-0.3, -0.25) is 0 Å². The van der Waals surface area contributed by atoms with Crippen LogP contribution in [0.3, 0.4) is 0 Å². The van der Waals surface area contributed by atoms with Gasteiger partial charge >= 0.3 is 0 Å². The van der Waals surface area contributed by atoms with Gasteiger partial charge in [-0.25, -0.2) is 0 Å². The van der Waals surface area contributed by atoms with Gasteiger partial charge in [0.2, 0.25) is 0 Å². The molecule has 0 heterocycles. The second kappa shape index (κ2) is 3.42. The Labute approximate surface area is 80.7 Å². The number of hydrogen-bond acceptors (Lipinski definition) is 0. The molecule has 2 aliphatic carbocycles. The third-order valence-corrected chi connectivity index (χ3v) is 3.08. The van der Waals surface area contributed by atoms with Crippen LogP contribution in [0.2, 0.25) is 0 Å². The number of hydrogen-bond donors (Lipinski definition) is 0. The quantitative estimate of drug-likeness (QED) is 0.421. The Morgan fingerprint density at radius 3 is 2.85 bits per heavy atom. The van der Waals surface area contributed by atoms with E-state index in [4.69, 9.17) is 0 Å². The van der Waals surface area contributed by atoms with Crippen molar-refractivity contribution in [3.63, 3.8) is 0 Å². The average Bonchev–Trinajstić information content (AvgIpc) is 2.64. The Kier molecular flexibility index (Phi) is 2.27. The summed E-state index contributed by atoms with van der Waals surface area (Å²) in [6.45, 7) is 5.75. The van der Waals surface area contributed by atoms with Crippen LogP contribution in [-0.4, -0.2) is 0 Å². The fraction of sp³-hybridized carbons (Fsp3) is 0.538. The highest BCUT2D eigenvalue weighted by atomic mass is 14.4. The van der Waals surface area contributed by atoms with Gasteiger partial charge in [0.15, 0.2) is 0 Å². The third kappa shape index (κ3) is 1.86. The van der Waals surface area contributed by atoms with Crippen molar-refractivity contribution >= 4 is 0 Å². The maximum Gasteiger partial charge on any atom is 0.0126 e. The summed E-state index contributed by atoms with van der Waals surface area (Å²) in [5.41, 5.74) is 0.985. The Morgan fingerprint density at radius 2 is 2.31 bits per heavy atom. The lowest BCUT2D eigenvalue weighted by Crippen LogP contribution is -2.05. The molecule has 0 aromatic carbocycles. The first-order chi connectivity index (χ1) is 6.25. The van der Waals surface area contributed by atoms with Gasteiger partial charge in [-0.1, -0.05) is 30.6 Å². The van der Waals surface area contributed by atoms with Crippen molar-refractivity contribution in [2.24, 2.45) is 17.8 Å². The van der Waals surface area contributed by atoms with E-state index in [9.17, 15) is 0 Å². The molecule has 1 saturated carbocycles. The minimum atomic E-state index is 0.835. The molecule has 0 aliphatic heterocycles. The summed E-state index contributed by atoms with van der Waals surface area (Å²) in [5, 5.41) is 0. The van der Waals surface area contributed by atoms with Gasteiger partial charge in [0.25, 0.3) is 0 Å². The molecule has 0 amide bonds. The predicted octanol–water partition coefficient (Wildman–Crippen LogP) is 3.17. The highest BCUT2D eigenvalue weighted by molar-refractivity contribution is 5.24. The Morgan fingerprint density at radius 1 is 1.46 bits per heavy atom. The van der Waals surface area contributed by atoms with Crippen molar-refractivity contribution in [2.45, 2.75) is 26.2 Å². The van der Waals surface area contributed by atoms with E-state index in [1.807, 2.05) is 6.92 Å². The van der Waals surface area contributed by atoms with Crippen LogP contribution >= 0.6 is 0 Å². The highest BCUT2D eigenvalue weighted by Crippen LogP contribution is 2.44. The first kappa shape index (κ1) is 8.63. The molecule has 0 aromatic rings. The molecular weight excluding hydrogens is 156 g/mol. The van der Waals surface area contributed by atoms with Crippen molar-refractivity contribution in [3.05, 3.63) is 24.3 Å². The fourth-order valence-corrected chi connectivity index (χ4v) is 2.46. The fourth-order valence-electron chi connectivity index (χ4n) is 2.46. The largest absolute Gasteiger partial charge is 0.0980 e. The molecule has 0 radical (unpaired) electrons. The molecular formula is C13H16. The third-order valence-electron chi connectivity index (χ3n) is 3.08. The molecule has 0 nitrogen and oxygen atoms in total. The van der Waals surface area contributed by atoms with Crippen LogP contribution in [0, 0.1) is 29.6 Å². The van der Waals surface area contributed by atoms with Crippen molar-refractivity contribution in [1.82, 2.24) is 0 Å². The minimum Gasteiger partial charge on any atom is -0.0980 e. The Balaban J connectivity index is 1.88. The Hall–Kier alpha value is -0.960. The second-order valence-electron chi connectivity index (χ2n) is 4.33. The van der Waals surface area contributed by atoms with Gasteiger partial charge < -0.3 is 0 Å². The number of allylic oxidation sites excluding steroid dienone is 3. The first-order valence-corrected chi connectivity index (χ1v) is 5.08. The molecule has 0 spiro atoms. The number of fused-ring (bicyclic) bond motifs is 2. The topological polar surface area (TPSA) is 0 Å². The maximum absolute atomic E-state index is 3.78. The van der Waals surface area contributed by atoms with E-state index in [0.717, 1.165) is 29.7 Å². The van der Waals surface area contributed by atoms with Crippen LogP contribution in [0.25, 0.3) is 0 Å². The molecule has 2 aliphatic rings. The van der Waals surface area contributed by atoms with E-state index < -0.39 is 0 Å². The molecule has 0 saturated heterocycles. The van der Waals surface area contributed by atoms with E-state index in [0.29, 0.717) is 0 Å².